The van der Waals surface area contributed by atoms with Crippen molar-refractivity contribution in [2.24, 2.45) is 11.8 Å². The van der Waals surface area contributed by atoms with Crippen LogP contribution in [0.1, 0.15) is 24.8 Å². The van der Waals surface area contributed by atoms with E-state index in [0.717, 1.165) is 0 Å². The minimum Gasteiger partial charge on any atom is -0.481 e. The first-order valence-corrected chi connectivity index (χ1v) is 6.14. The molecule has 1 amide bonds. The van der Waals surface area contributed by atoms with Gasteiger partial charge in [-0.05, 0) is 31.4 Å². The maximum absolute atomic E-state index is 12.0. The van der Waals surface area contributed by atoms with Crippen LogP contribution in [0.4, 0.5) is 5.69 Å². The topological polar surface area (TPSA) is 90.2 Å². The van der Waals surface area contributed by atoms with Crippen LogP contribution in [0, 0.1) is 23.2 Å². The molecule has 5 heteroatoms. The fourth-order valence-electron chi connectivity index (χ4n) is 2.37. The highest BCUT2D eigenvalue weighted by atomic mass is 16.4. The van der Waals surface area contributed by atoms with Gasteiger partial charge < -0.3 is 10.4 Å². The number of amides is 1. The summed E-state index contributed by atoms with van der Waals surface area (Å²) in [5, 5.41) is 20.6. The van der Waals surface area contributed by atoms with E-state index in [-0.39, 0.29) is 11.8 Å². The third-order valence-corrected chi connectivity index (χ3v) is 3.46. The van der Waals surface area contributed by atoms with Gasteiger partial charge in [0.2, 0.25) is 5.91 Å². The largest absolute Gasteiger partial charge is 0.481 e. The molecule has 1 aliphatic carbocycles. The summed E-state index contributed by atoms with van der Waals surface area (Å²) in [6.07, 6.45) is 1.49. The number of nitrogens with one attached hydrogen (secondary N) is 1. The number of hydrogen-bond donors (Lipinski definition) is 2. The number of benzene rings is 1. The highest BCUT2D eigenvalue weighted by Crippen LogP contribution is 2.32. The van der Waals surface area contributed by atoms with Gasteiger partial charge in [-0.3, -0.25) is 9.59 Å². The summed E-state index contributed by atoms with van der Waals surface area (Å²) in [7, 11) is 0. The molecule has 0 spiro atoms. The van der Waals surface area contributed by atoms with Gasteiger partial charge in [-0.1, -0.05) is 12.1 Å². The Morgan fingerprint density at radius 1 is 1.26 bits per heavy atom. The summed E-state index contributed by atoms with van der Waals surface area (Å²) in [5.41, 5.74) is 0.886. The van der Waals surface area contributed by atoms with E-state index in [9.17, 15) is 9.59 Å². The zero-order valence-corrected chi connectivity index (χ0v) is 10.3. The maximum atomic E-state index is 12.0. The predicted molar refractivity (Wildman–Crippen MR) is 68.3 cm³/mol. The molecular weight excluding hydrogens is 244 g/mol. The van der Waals surface area contributed by atoms with E-state index in [0.29, 0.717) is 30.5 Å². The van der Waals surface area contributed by atoms with Crippen molar-refractivity contribution in [2.75, 3.05) is 5.32 Å². The van der Waals surface area contributed by atoms with E-state index in [2.05, 4.69) is 5.32 Å². The second-order valence-corrected chi connectivity index (χ2v) is 4.69. The number of hydrogen-bond acceptors (Lipinski definition) is 3. The molecule has 0 unspecified atom stereocenters. The standard InChI is InChI=1S/C14H14N2O3/c15-8-11-3-1-2-4-12(11)16-13(17)9-5-6-10(7-9)14(18)19/h1-4,9-10H,5-7H2,(H,16,17)(H,18,19)/t9-,10+/m1/s1. The first-order chi connectivity index (χ1) is 9.11. The van der Waals surface area contributed by atoms with E-state index in [1.54, 1.807) is 24.3 Å². The number of carbonyl (C=O) groups is 2. The van der Waals surface area contributed by atoms with Crippen LogP contribution in [0.3, 0.4) is 0 Å². The number of para-hydroxylation sites is 1. The summed E-state index contributed by atoms with van der Waals surface area (Å²) in [5.74, 6) is -1.76. The van der Waals surface area contributed by atoms with Crippen LogP contribution in [-0.4, -0.2) is 17.0 Å². The lowest BCUT2D eigenvalue weighted by Crippen LogP contribution is -2.22. The van der Waals surface area contributed by atoms with Crippen molar-refractivity contribution >= 4 is 17.6 Å². The van der Waals surface area contributed by atoms with E-state index in [1.165, 1.54) is 0 Å². The molecule has 2 atom stereocenters. The number of anilines is 1. The summed E-state index contributed by atoms with van der Waals surface area (Å²) in [6.45, 7) is 0. The van der Waals surface area contributed by atoms with Crippen molar-refractivity contribution in [2.45, 2.75) is 19.3 Å². The van der Waals surface area contributed by atoms with E-state index in [4.69, 9.17) is 10.4 Å². The molecule has 0 bridgehead atoms. The first kappa shape index (κ1) is 13.1. The first-order valence-electron chi connectivity index (χ1n) is 6.14. The Morgan fingerprint density at radius 2 is 1.95 bits per heavy atom. The Labute approximate surface area is 110 Å². The highest BCUT2D eigenvalue weighted by molar-refractivity contribution is 5.94. The van der Waals surface area contributed by atoms with Crippen molar-refractivity contribution in [1.82, 2.24) is 0 Å². The summed E-state index contributed by atoms with van der Waals surface area (Å²) in [6, 6.07) is 8.77. The molecule has 2 N–H and O–H groups in total. The van der Waals surface area contributed by atoms with Gasteiger partial charge in [-0.15, -0.1) is 0 Å². The van der Waals surface area contributed by atoms with Crippen molar-refractivity contribution in [3.8, 4) is 6.07 Å². The van der Waals surface area contributed by atoms with Gasteiger partial charge in [0.1, 0.15) is 6.07 Å². The number of carboxylic acids is 1. The number of nitriles is 1. The molecule has 2 rings (SSSR count). The monoisotopic (exact) mass is 258 g/mol. The summed E-state index contributed by atoms with van der Waals surface area (Å²) >= 11 is 0. The van der Waals surface area contributed by atoms with E-state index >= 15 is 0 Å². The molecule has 0 aliphatic heterocycles. The maximum Gasteiger partial charge on any atom is 0.306 e. The average molecular weight is 258 g/mol. The van der Waals surface area contributed by atoms with Crippen LogP contribution in [0.2, 0.25) is 0 Å². The SMILES string of the molecule is N#Cc1ccccc1NC(=O)[C@@H]1CC[C@H](C(=O)O)C1. The second kappa shape index (κ2) is 5.53. The number of rotatable bonds is 3. The lowest BCUT2D eigenvalue weighted by molar-refractivity contribution is -0.141. The van der Waals surface area contributed by atoms with E-state index in [1.807, 2.05) is 6.07 Å². The van der Waals surface area contributed by atoms with Gasteiger partial charge in [0, 0.05) is 5.92 Å². The molecule has 98 valence electrons. The Balaban J connectivity index is 2.03. The normalized spacial score (nSPS) is 21.6. The third-order valence-electron chi connectivity index (χ3n) is 3.46. The number of carboxylic acid groups (broad SMARTS) is 1. The Bertz CT molecular complexity index is 548. The number of aliphatic carboxylic acids is 1. The Morgan fingerprint density at radius 3 is 2.58 bits per heavy atom. The Kier molecular flexibility index (Phi) is 3.81. The minimum absolute atomic E-state index is 0.202. The molecule has 1 fully saturated rings. The van der Waals surface area contributed by atoms with Crippen molar-refractivity contribution < 1.29 is 14.7 Å². The molecule has 0 aromatic heterocycles. The lowest BCUT2D eigenvalue weighted by atomic mass is 10.0. The lowest BCUT2D eigenvalue weighted by Gasteiger charge is -2.11. The summed E-state index contributed by atoms with van der Waals surface area (Å²) in [4.78, 5) is 22.9. The molecule has 1 aromatic rings. The molecule has 5 nitrogen and oxygen atoms in total. The fourth-order valence-corrected chi connectivity index (χ4v) is 2.37. The van der Waals surface area contributed by atoms with Gasteiger partial charge in [0.15, 0.2) is 0 Å². The van der Waals surface area contributed by atoms with Crippen LogP contribution >= 0.6 is 0 Å². The van der Waals surface area contributed by atoms with Gasteiger partial charge in [0.25, 0.3) is 0 Å². The van der Waals surface area contributed by atoms with Crippen LogP contribution < -0.4 is 5.32 Å². The molecular formula is C14H14N2O3. The van der Waals surface area contributed by atoms with E-state index < -0.39 is 11.9 Å². The van der Waals surface area contributed by atoms with Gasteiger partial charge in [-0.25, -0.2) is 0 Å². The highest BCUT2D eigenvalue weighted by Gasteiger charge is 2.33. The molecule has 0 radical (unpaired) electrons. The van der Waals surface area contributed by atoms with Crippen molar-refractivity contribution in [3.05, 3.63) is 29.8 Å². The fraction of sp³-hybridized carbons (Fsp3) is 0.357. The predicted octanol–water partition coefficient (Wildman–Crippen LogP) is 2.00. The Hall–Kier alpha value is -2.35. The van der Waals surface area contributed by atoms with Crippen molar-refractivity contribution in [3.63, 3.8) is 0 Å². The second-order valence-electron chi connectivity index (χ2n) is 4.69. The number of carbonyl (C=O) groups excluding carboxylic acids is 1. The van der Waals surface area contributed by atoms with Crippen molar-refractivity contribution in [1.29, 1.82) is 5.26 Å². The molecule has 1 aliphatic rings. The zero-order valence-electron chi connectivity index (χ0n) is 10.3. The van der Waals surface area contributed by atoms with Gasteiger partial charge in [-0.2, -0.15) is 5.26 Å². The average Bonchev–Trinajstić information content (AvgIpc) is 2.89. The molecule has 1 aromatic carbocycles. The molecule has 0 saturated heterocycles. The molecule has 0 heterocycles. The minimum atomic E-state index is -0.840. The quantitative estimate of drug-likeness (QED) is 0.867. The van der Waals surface area contributed by atoms with Gasteiger partial charge >= 0.3 is 5.97 Å². The number of nitrogens with zero attached hydrogens (tertiary/aromatic N) is 1. The smallest absolute Gasteiger partial charge is 0.306 e. The van der Waals surface area contributed by atoms with Crippen LogP contribution in [0.5, 0.6) is 0 Å². The molecule has 19 heavy (non-hydrogen) atoms. The van der Waals surface area contributed by atoms with Crippen LogP contribution in [-0.2, 0) is 9.59 Å². The van der Waals surface area contributed by atoms with Crippen LogP contribution in [0.25, 0.3) is 0 Å². The zero-order chi connectivity index (χ0) is 13.8. The van der Waals surface area contributed by atoms with Crippen LogP contribution in [0.15, 0.2) is 24.3 Å². The third kappa shape index (κ3) is 2.91. The summed E-state index contributed by atoms with van der Waals surface area (Å²) < 4.78 is 0. The van der Waals surface area contributed by atoms with Gasteiger partial charge in [0.05, 0.1) is 17.2 Å². The molecule has 1 saturated carbocycles.